The first-order valence-electron chi connectivity index (χ1n) is 6.95. The predicted molar refractivity (Wildman–Crippen MR) is 86.8 cm³/mol. The standard InChI is InChI=1S/C17H30N2/c1-5-9-16(10-6-2,13-14-18)17(15-19,11-7-3)12-8-4/h5-8H,1-4,9-15,18-19H2. The van der Waals surface area contributed by atoms with Crippen molar-refractivity contribution in [2.24, 2.45) is 22.3 Å². The van der Waals surface area contributed by atoms with Gasteiger partial charge in [0, 0.05) is 0 Å². The molecule has 0 aliphatic heterocycles. The average molecular weight is 262 g/mol. The van der Waals surface area contributed by atoms with Crippen molar-refractivity contribution in [1.82, 2.24) is 0 Å². The van der Waals surface area contributed by atoms with E-state index < -0.39 is 0 Å². The van der Waals surface area contributed by atoms with Crippen LogP contribution in [0.1, 0.15) is 32.1 Å². The zero-order valence-corrected chi connectivity index (χ0v) is 12.2. The van der Waals surface area contributed by atoms with Crippen LogP contribution in [-0.4, -0.2) is 13.1 Å². The SMILES string of the molecule is C=CCC(CN)(CC=C)C(CC=C)(CC=C)CCN. The Balaban J connectivity index is 5.76. The van der Waals surface area contributed by atoms with E-state index in [0.717, 1.165) is 32.1 Å². The molecule has 0 fully saturated rings. The normalized spacial score (nSPS) is 11.9. The van der Waals surface area contributed by atoms with Gasteiger partial charge in [-0.2, -0.15) is 0 Å². The summed E-state index contributed by atoms with van der Waals surface area (Å²) >= 11 is 0. The Labute approximate surface area is 118 Å². The van der Waals surface area contributed by atoms with Gasteiger partial charge in [0.1, 0.15) is 0 Å². The maximum Gasteiger partial charge on any atom is -0.000902 e. The first-order valence-corrected chi connectivity index (χ1v) is 6.95. The van der Waals surface area contributed by atoms with Gasteiger partial charge in [-0.1, -0.05) is 24.3 Å². The number of hydrogen-bond acceptors (Lipinski definition) is 2. The third-order valence-electron chi connectivity index (χ3n) is 4.28. The fraction of sp³-hybridized carbons (Fsp3) is 0.529. The molecule has 0 amide bonds. The topological polar surface area (TPSA) is 52.0 Å². The van der Waals surface area contributed by atoms with Crippen LogP contribution < -0.4 is 11.5 Å². The summed E-state index contributed by atoms with van der Waals surface area (Å²) in [6, 6.07) is 0. The van der Waals surface area contributed by atoms with Crippen molar-refractivity contribution in [3.8, 4) is 0 Å². The van der Waals surface area contributed by atoms with Gasteiger partial charge in [-0.3, -0.25) is 0 Å². The van der Waals surface area contributed by atoms with Crippen molar-refractivity contribution in [3.63, 3.8) is 0 Å². The maximum atomic E-state index is 6.15. The highest BCUT2D eigenvalue weighted by Crippen LogP contribution is 2.52. The molecule has 0 spiro atoms. The minimum Gasteiger partial charge on any atom is -0.330 e. The third-order valence-corrected chi connectivity index (χ3v) is 4.28. The van der Waals surface area contributed by atoms with Crippen molar-refractivity contribution in [1.29, 1.82) is 0 Å². The van der Waals surface area contributed by atoms with E-state index in [0.29, 0.717) is 13.1 Å². The van der Waals surface area contributed by atoms with Gasteiger partial charge in [-0.15, -0.1) is 26.3 Å². The second-order valence-electron chi connectivity index (χ2n) is 5.27. The van der Waals surface area contributed by atoms with Crippen molar-refractivity contribution in [2.75, 3.05) is 13.1 Å². The molecular formula is C17H30N2. The van der Waals surface area contributed by atoms with Crippen LogP contribution in [0.4, 0.5) is 0 Å². The molecule has 0 aromatic heterocycles. The van der Waals surface area contributed by atoms with Crippen LogP contribution in [0.5, 0.6) is 0 Å². The van der Waals surface area contributed by atoms with E-state index in [1.54, 1.807) is 0 Å². The molecule has 0 aromatic carbocycles. The first-order chi connectivity index (χ1) is 9.11. The molecule has 0 unspecified atom stereocenters. The van der Waals surface area contributed by atoms with E-state index in [1.807, 2.05) is 24.3 Å². The lowest BCUT2D eigenvalue weighted by Gasteiger charge is -2.50. The van der Waals surface area contributed by atoms with Crippen LogP contribution in [0.15, 0.2) is 50.6 Å². The smallest absolute Gasteiger partial charge is 0.000902 e. The molecule has 2 nitrogen and oxygen atoms in total. The van der Waals surface area contributed by atoms with Gasteiger partial charge >= 0.3 is 0 Å². The lowest BCUT2D eigenvalue weighted by atomic mass is 9.55. The average Bonchev–Trinajstić information content (AvgIpc) is 2.39. The highest BCUT2D eigenvalue weighted by molar-refractivity contribution is 5.08. The monoisotopic (exact) mass is 262 g/mol. The molecule has 108 valence electrons. The zero-order valence-electron chi connectivity index (χ0n) is 12.2. The largest absolute Gasteiger partial charge is 0.330 e. The molecule has 0 atom stereocenters. The summed E-state index contributed by atoms with van der Waals surface area (Å²) in [5, 5.41) is 0. The summed E-state index contributed by atoms with van der Waals surface area (Å²) in [6.45, 7) is 16.8. The van der Waals surface area contributed by atoms with E-state index >= 15 is 0 Å². The Morgan fingerprint density at radius 1 is 0.684 bits per heavy atom. The Hall–Kier alpha value is -1.12. The van der Waals surface area contributed by atoms with Gasteiger partial charge in [-0.05, 0) is 56.0 Å². The van der Waals surface area contributed by atoms with E-state index in [-0.39, 0.29) is 10.8 Å². The molecule has 0 bridgehead atoms. The van der Waals surface area contributed by atoms with Gasteiger partial charge < -0.3 is 11.5 Å². The summed E-state index contributed by atoms with van der Waals surface area (Å²) in [6.07, 6.45) is 12.2. The molecule has 0 heterocycles. The maximum absolute atomic E-state index is 6.15. The minimum atomic E-state index is -0.0712. The van der Waals surface area contributed by atoms with E-state index in [2.05, 4.69) is 26.3 Å². The lowest BCUT2D eigenvalue weighted by Crippen LogP contribution is -2.47. The van der Waals surface area contributed by atoms with E-state index in [4.69, 9.17) is 11.5 Å². The van der Waals surface area contributed by atoms with Gasteiger partial charge in [0.2, 0.25) is 0 Å². The van der Waals surface area contributed by atoms with Gasteiger partial charge in [-0.25, -0.2) is 0 Å². The molecule has 0 saturated carbocycles. The van der Waals surface area contributed by atoms with Crippen LogP contribution in [0.2, 0.25) is 0 Å². The van der Waals surface area contributed by atoms with Gasteiger partial charge in [0.15, 0.2) is 0 Å². The number of hydrogen-bond donors (Lipinski definition) is 2. The lowest BCUT2D eigenvalue weighted by molar-refractivity contribution is 0.0412. The Morgan fingerprint density at radius 3 is 1.32 bits per heavy atom. The molecule has 0 saturated heterocycles. The molecule has 2 heteroatoms. The highest BCUT2D eigenvalue weighted by Gasteiger charge is 2.46. The fourth-order valence-corrected chi connectivity index (χ4v) is 3.27. The highest BCUT2D eigenvalue weighted by atomic mass is 14.7. The van der Waals surface area contributed by atoms with Crippen molar-refractivity contribution in [2.45, 2.75) is 32.1 Å². The van der Waals surface area contributed by atoms with Crippen molar-refractivity contribution >= 4 is 0 Å². The van der Waals surface area contributed by atoms with Crippen LogP contribution >= 0.6 is 0 Å². The number of rotatable bonds is 12. The summed E-state index contributed by atoms with van der Waals surface area (Å²) in [4.78, 5) is 0. The predicted octanol–water partition coefficient (Wildman–Crippen LogP) is 3.57. The number of allylic oxidation sites excluding steroid dienone is 4. The quantitative estimate of drug-likeness (QED) is 0.528. The molecule has 0 aliphatic rings. The Kier molecular flexibility index (Phi) is 8.37. The molecular weight excluding hydrogens is 232 g/mol. The van der Waals surface area contributed by atoms with Crippen LogP contribution in [0.25, 0.3) is 0 Å². The van der Waals surface area contributed by atoms with Gasteiger partial charge in [0.25, 0.3) is 0 Å². The minimum absolute atomic E-state index is 0.0115. The first kappa shape index (κ1) is 17.9. The third kappa shape index (κ3) is 3.92. The zero-order chi connectivity index (χ0) is 14.8. The summed E-state index contributed by atoms with van der Waals surface area (Å²) in [5.74, 6) is 0. The number of nitrogens with two attached hydrogens (primary N) is 2. The Bertz CT molecular complexity index is 284. The summed E-state index contributed by atoms with van der Waals surface area (Å²) < 4.78 is 0. The molecule has 0 radical (unpaired) electrons. The molecule has 0 rings (SSSR count). The van der Waals surface area contributed by atoms with Crippen LogP contribution in [-0.2, 0) is 0 Å². The second kappa shape index (κ2) is 8.89. The summed E-state index contributed by atoms with van der Waals surface area (Å²) in [7, 11) is 0. The van der Waals surface area contributed by atoms with Crippen molar-refractivity contribution < 1.29 is 0 Å². The van der Waals surface area contributed by atoms with Gasteiger partial charge in [0.05, 0.1) is 0 Å². The molecule has 0 aliphatic carbocycles. The van der Waals surface area contributed by atoms with E-state index in [9.17, 15) is 0 Å². The second-order valence-corrected chi connectivity index (χ2v) is 5.27. The molecule has 4 N–H and O–H groups in total. The summed E-state index contributed by atoms with van der Waals surface area (Å²) in [5.41, 5.74) is 11.9. The molecule has 19 heavy (non-hydrogen) atoms. The van der Waals surface area contributed by atoms with Crippen molar-refractivity contribution in [3.05, 3.63) is 50.6 Å². The van der Waals surface area contributed by atoms with E-state index in [1.165, 1.54) is 0 Å². The van der Waals surface area contributed by atoms with Crippen LogP contribution in [0.3, 0.4) is 0 Å². The Morgan fingerprint density at radius 2 is 1.05 bits per heavy atom. The van der Waals surface area contributed by atoms with Crippen LogP contribution in [0, 0.1) is 10.8 Å². The fourth-order valence-electron chi connectivity index (χ4n) is 3.27. The molecule has 0 aromatic rings.